The Labute approximate surface area is 126 Å². The van der Waals surface area contributed by atoms with Gasteiger partial charge in [0.1, 0.15) is 6.10 Å². The van der Waals surface area contributed by atoms with Crippen molar-refractivity contribution in [2.75, 3.05) is 0 Å². The van der Waals surface area contributed by atoms with Crippen molar-refractivity contribution in [1.82, 2.24) is 0 Å². The predicted octanol–water partition coefficient (Wildman–Crippen LogP) is 4.91. The van der Waals surface area contributed by atoms with Crippen LogP contribution in [0.5, 0.6) is 0 Å². The molecule has 0 radical (unpaired) electrons. The summed E-state index contributed by atoms with van der Waals surface area (Å²) in [4.78, 5) is 0. The minimum atomic E-state index is -0.484. The third-order valence-corrected chi connectivity index (χ3v) is 5.11. The zero-order valence-corrected chi connectivity index (χ0v) is 12.3. The van der Waals surface area contributed by atoms with Crippen LogP contribution >= 0.6 is 0 Å². The summed E-state index contributed by atoms with van der Waals surface area (Å²) in [6, 6.07) is 17.0. The maximum atomic E-state index is 10.8. The highest BCUT2D eigenvalue weighted by Crippen LogP contribution is 2.44. The Bertz CT molecular complexity index is 638. The third kappa shape index (κ3) is 2.51. The second kappa shape index (κ2) is 5.31. The van der Waals surface area contributed by atoms with Crippen molar-refractivity contribution in [3.8, 4) is 0 Å². The fraction of sp³-hybridized carbons (Fsp3) is 0.400. The molecule has 1 heteroatoms. The van der Waals surface area contributed by atoms with Crippen LogP contribution in [0.15, 0.2) is 48.5 Å². The van der Waals surface area contributed by atoms with Crippen LogP contribution in [0.25, 0.3) is 0 Å². The SMILES string of the molecule is OC(c1cccc(C2CCC2)c1)c1ccccc1C1CC1. The topological polar surface area (TPSA) is 20.2 Å². The Morgan fingerprint density at radius 3 is 2.38 bits per heavy atom. The molecular formula is C20H22O. The summed E-state index contributed by atoms with van der Waals surface area (Å²) in [6.07, 6.45) is 6.01. The highest BCUT2D eigenvalue weighted by atomic mass is 16.3. The number of hydrogen-bond donors (Lipinski definition) is 1. The summed E-state index contributed by atoms with van der Waals surface area (Å²) in [7, 11) is 0. The summed E-state index contributed by atoms with van der Waals surface area (Å²) < 4.78 is 0. The first kappa shape index (κ1) is 13.1. The molecule has 1 unspecified atom stereocenters. The monoisotopic (exact) mass is 278 g/mol. The van der Waals surface area contributed by atoms with Crippen molar-refractivity contribution in [3.63, 3.8) is 0 Å². The van der Waals surface area contributed by atoms with Gasteiger partial charge in [-0.1, -0.05) is 55.0 Å². The van der Waals surface area contributed by atoms with E-state index in [1.54, 1.807) is 0 Å². The van der Waals surface area contributed by atoms with Crippen LogP contribution < -0.4 is 0 Å². The van der Waals surface area contributed by atoms with Crippen molar-refractivity contribution in [2.45, 2.75) is 50.0 Å². The van der Waals surface area contributed by atoms with E-state index in [0.717, 1.165) is 17.0 Å². The summed E-state index contributed by atoms with van der Waals surface area (Å²) in [5.74, 6) is 1.39. The molecule has 1 N–H and O–H groups in total. The Balaban J connectivity index is 1.66. The van der Waals surface area contributed by atoms with Crippen molar-refractivity contribution in [3.05, 3.63) is 70.8 Å². The van der Waals surface area contributed by atoms with Gasteiger partial charge >= 0.3 is 0 Å². The molecule has 21 heavy (non-hydrogen) atoms. The highest BCUT2D eigenvalue weighted by molar-refractivity contribution is 5.41. The molecule has 2 saturated carbocycles. The summed E-state index contributed by atoms with van der Waals surface area (Å²) in [5.41, 5.74) is 4.90. The average molecular weight is 278 g/mol. The molecule has 0 heterocycles. The van der Waals surface area contributed by atoms with E-state index in [-0.39, 0.29) is 0 Å². The molecule has 2 aliphatic carbocycles. The normalized spacial score (nSPS) is 20.0. The van der Waals surface area contributed by atoms with E-state index in [2.05, 4.69) is 42.5 Å². The molecule has 2 aromatic rings. The lowest BCUT2D eigenvalue weighted by molar-refractivity contribution is 0.219. The molecule has 2 fully saturated rings. The lowest BCUT2D eigenvalue weighted by Crippen LogP contribution is -2.10. The molecule has 108 valence electrons. The van der Waals surface area contributed by atoms with E-state index in [4.69, 9.17) is 0 Å². The number of benzene rings is 2. The maximum Gasteiger partial charge on any atom is 0.104 e. The van der Waals surface area contributed by atoms with Crippen molar-refractivity contribution in [1.29, 1.82) is 0 Å². The van der Waals surface area contributed by atoms with Gasteiger partial charge in [0.25, 0.3) is 0 Å². The zero-order chi connectivity index (χ0) is 14.2. The molecule has 0 amide bonds. The first-order valence-electron chi connectivity index (χ1n) is 8.19. The van der Waals surface area contributed by atoms with E-state index in [0.29, 0.717) is 5.92 Å². The molecule has 1 atom stereocenters. The largest absolute Gasteiger partial charge is 0.384 e. The van der Waals surface area contributed by atoms with Crippen LogP contribution in [0.3, 0.4) is 0 Å². The van der Waals surface area contributed by atoms with Crippen LogP contribution in [0, 0.1) is 0 Å². The van der Waals surface area contributed by atoms with Crippen molar-refractivity contribution >= 4 is 0 Å². The maximum absolute atomic E-state index is 10.8. The van der Waals surface area contributed by atoms with Crippen LogP contribution in [-0.4, -0.2) is 5.11 Å². The number of aliphatic hydroxyl groups is 1. The Hall–Kier alpha value is -1.60. The standard InChI is InChI=1S/C20H22O/c21-20(19-10-2-1-9-18(19)15-11-12-15)17-8-4-7-16(13-17)14-5-3-6-14/h1-2,4,7-10,13-15,20-21H,3,5-6,11-12H2. The van der Waals surface area contributed by atoms with Gasteiger partial charge in [-0.25, -0.2) is 0 Å². The minimum Gasteiger partial charge on any atom is -0.384 e. The fourth-order valence-corrected chi connectivity index (χ4v) is 3.43. The Kier molecular flexibility index (Phi) is 3.31. The van der Waals surface area contributed by atoms with Gasteiger partial charge in [0.15, 0.2) is 0 Å². The lowest BCUT2D eigenvalue weighted by atomic mass is 9.79. The Morgan fingerprint density at radius 2 is 1.67 bits per heavy atom. The molecule has 4 rings (SSSR count). The first-order valence-corrected chi connectivity index (χ1v) is 8.19. The van der Waals surface area contributed by atoms with Gasteiger partial charge in [0, 0.05) is 0 Å². The van der Waals surface area contributed by atoms with Gasteiger partial charge in [-0.15, -0.1) is 0 Å². The minimum absolute atomic E-state index is 0.484. The van der Waals surface area contributed by atoms with E-state index in [1.807, 2.05) is 6.07 Å². The van der Waals surface area contributed by atoms with Gasteiger partial charge in [-0.3, -0.25) is 0 Å². The van der Waals surface area contributed by atoms with Crippen molar-refractivity contribution < 1.29 is 5.11 Å². The van der Waals surface area contributed by atoms with Gasteiger partial charge < -0.3 is 5.11 Å². The van der Waals surface area contributed by atoms with E-state index >= 15 is 0 Å². The van der Waals surface area contributed by atoms with E-state index in [1.165, 1.54) is 43.2 Å². The predicted molar refractivity (Wildman–Crippen MR) is 85.5 cm³/mol. The molecule has 0 saturated heterocycles. The van der Waals surface area contributed by atoms with Crippen LogP contribution in [0.2, 0.25) is 0 Å². The zero-order valence-electron chi connectivity index (χ0n) is 12.3. The van der Waals surface area contributed by atoms with Crippen LogP contribution in [-0.2, 0) is 0 Å². The second-order valence-corrected chi connectivity index (χ2v) is 6.60. The smallest absolute Gasteiger partial charge is 0.104 e. The molecule has 2 aromatic carbocycles. The lowest BCUT2D eigenvalue weighted by Gasteiger charge is -2.26. The van der Waals surface area contributed by atoms with Gasteiger partial charge in [0.2, 0.25) is 0 Å². The summed E-state index contributed by atoms with van der Waals surface area (Å²) in [5, 5.41) is 10.8. The average Bonchev–Trinajstić information content (AvgIpc) is 3.30. The summed E-state index contributed by atoms with van der Waals surface area (Å²) >= 11 is 0. The molecule has 0 bridgehead atoms. The second-order valence-electron chi connectivity index (χ2n) is 6.60. The first-order chi connectivity index (χ1) is 10.3. The van der Waals surface area contributed by atoms with Gasteiger partial charge in [0.05, 0.1) is 0 Å². The highest BCUT2D eigenvalue weighted by Gasteiger charge is 2.28. The molecule has 0 aromatic heterocycles. The number of aliphatic hydroxyl groups excluding tert-OH is 1. The van der Waals surface area contributed by atoms with E-state index in [9.17, 15) is 5.11 Å². The van der Waals surface area contributed by atoms with Gasteiger partial charge in [-0.05, 0) is 59.8 Å². The molecule has 1 nitrogen and oxygen atoms in total. The fourth-order valence-electron chi connectivity index (χ4n) is 3.43. The number of hydrogen-bond acceptors (Lipinski definition) is 1. The van der Waals surface area contributed by atoms with Crippen LogP contribution in [0.4, 0.5) is 0 Å². The summed E-state index contributed by atoms with van der Waals surface area (Å²) in [6.45, 7) is 0. The Morgan fingerprint density at radius 1 is 0.857 bits per heavy atom. The quantitative estimate of drug-likeness (QED) is 0.842. The van der Waals surface area contributed by atoms with Gasteiger partial charge in [-0.2, -0.15) is 0 Å². The molecule has 2 aliphatic rings. The molecule has 0 spiro atoms. The molecular weight excluding hydrogens is 256 g/mol. The molecule has 0 aliphatic heterocycles. The number of rotatable bonds is 4. The van der Waals surface area contributed by atoms with Crippen molar-refractivity contribution in [2.24, 2.45) is 0 Å². The third-order valence-electron chi connectivity index (χ3n) is 5.11. The van der Waals surface area contributed by atoms with Crippen LogP contribution in [0.1, 0.15) is 72.3 Å². The van der Waals surface area contributed by atoms with E-state index < -0.39 is 6.10 Å².